The maximum absolute atomic E-state index is 9.76. The molecule has 0 aromatic heterocycles. The molecule has 1 saturated carbocycles. The van der Waals surface area contributed by atoms with Crippen LogP contribution in [0.25, 0.3) is 0 Å². The van der Waals surface area contributed by atoms with Crippen molar-refractivity contribution in [2.24, 2.45) is 5.92 Å². The van der Waals surface area contributed by atoms with E-state index < -0.39 is 0 Å². The average molecular weight is 315 g/mol. The third kappa shape index (κ3) is 3.73. The Hall–Kier alpha value is 0.01000. The first-order valence-corrected chi connectivity index (χ1v) is 8.05. The van der Waals surface area contributed by atoms with Crippen LogP contribution in [-0.4, -0.2) is 10.9 Å². The fraction of sp³-hybridized carbons (Fsp3) is 0.571. The highest BCUT2D eigenvalue weighted by Gasteiger charge is 2.16. The van der Waals surface area contributed by atoms with Crippen molar-refractivity contribution in [1.29, 1.82) is 0 Å². The minimum absolute atomic E-state index is 0.380. The second-order valence-electron chi connectivity index (χ2n) is 4.82. The first-order chi connectivity index (χ1) is 8.16. The molecule has 1 aromatic carbocycles. The first kappa shape index (κ1) is 13.4. The van der Waals surface area contributed by atoms with E-state index >= 15 is 0 Å². The highest BCUT2D eigenvalue weighted by molar-refractivity contribution is 9.10. The van der Waals surface area contributed by atoms with Gasteiger partial charge in [0, 0.05) is 15.1 Å². The molecule has 0 aliphatic heterocycles. The van der Waals surface area contributed by atoms with Gasteiger partial charge < -0.3 is 5.11 Å². The summed E-state index contributed by atoms with van der Waals surface area (Å²) in [5.41, 5.74) is 1.05. The van der Waals surface area contributed by atoms with Gasteiger partial charge in [-0.25, -0.2) is 0 Å². The molecule has 0 spiro atoms. The molecule has 0 saturated heterocycles. The predicted molar refractivity (Wildman–Crippen MR) is 77.5 cm³/mol. The van der Waals surface area contributed by atoms with Crippen molar-refractivity contribution in [1.82, 2.24) is 0 Å². The lowest BCUT2D eigenvalue weighted by Gasteiger charge is -2.14. The van der Waals surface area contributed by atoms with Gasteiger partial charge in [0.25, 0.3) is 0 Å². The Morgan fingerprint density at radius 1 is 1.41 bits per heavy atom. The molecule has 0 bridgehead atoms. The van der Waals surface area contributed by atoms with Gasteiger partial charge in [-0.15, -0.1) is 11.8 Å². The number of hydrogen-bond acceptors (Lipinski definition) is 2. The van der Waals surface area contributed by atoms with Crippen LogP contribution in [0.1, 0.15) is 44.3 Å². The molecule has 1 N–H and O–H groups in total. The third-order valence-electron chi connectivity index (χ3n) is 3.37. The lowest BCUT2D eigenvalue weighted by Crippen LogP contribution is -1.99. The monoisotopic (exact) mass is 314 g/mol. The molecule has 1 nitrogen and oxygen atoms in total. The Morgan fingerprint density at radius 2 is 2.12 bits per heavy atom. The fourth-order valence-corrected chi connectivity index (χ4v) is 4.24. The molecule has 0 radical (unpaired) electrons. The van der Waals surface area contributed by atoms with E-state index in [1.54, 1.807) is 0 Å². The molecule has 94 valence electrons. The summed E-state index contributed by atoms with van der Waals surface area (Å²) in [7, 11) is 0. The molecular weight excluding hydrogens is 296 g/mol. The van der Waals surface area contributed by atoms with E-state index in [0.29, 0.717) is 0 Å². The minimum Gasteiger partial charge on any atom is -0.389 e. The van der Waals surface area contributed by atoms with Crippen molar-refractivity contribution in [2.75, 3.05) is 5.75 Å². The van der Waals surface area contributed by atoms with Crippen molar-refractivity contribution in [2.45, 2.75) is 43.6 Å². The van der Waals surface area contributed by atoms with Crippen LogP contribution >= 0.6 is 27.7 Å². The normalized spacial score (nSPS) is 18.5. The van der Waals surface area contributed by atoms with Gasteiger partial charge in [0.2, 0.25) is 0 Å². The SMILES string of the molecule is CC(O)c1ccc(Br)cc1SCC1CCCC1. The number of thioether (sulfide) groups is 1. The summed E-state index contributed by atoms with van der Waals surface area (Å²) in [6, 6.07) is 6.15. The smallest absolute Gasteiger partial charge is 0.0772 e. The molecule has 1 atom stereocenters. The molecule has 1 aliphatic rings. The fourth-order valence-electron chi connectivity index (χ4n) is 2.36. The molecule has 1 fully saturated rings. The number of aliphatic hydroxyl groups is 1. The molecule has 3 heteroatoms. The van der Waals surface area contributed by atoms with E-state index in [9.17, 15) is 5.11 Å². The van der Waals surface area contributed by atoms with Crippen molar-refractivity contribution in [3.63, 3.8) is 0 Å². The largest absolute Gasteiger partial charge is 0.389 e. The first-order valence-electron chi connectivity index (χ1n) is 6.27. The standard InChI is InChI=1S/C14H19BrOS/c1-10(16)13-7-6-12(15)8-14(13)17-9-11-4-2-3-5-11/h6-8,10-11,16H,2-5,9H2,1H3. The van der Waals surface area contributed by atoms with Crippen molar-refractivity contribution >= 4 is 27.7 Å². The maximum Gasteiger partial charge on any atom is 0.0772 e. The Kier molecular flexibility index (Phi) is 4.95. The second kappa shape index (κ2) is 6.26. The zero-order valence-corrected chi connectivity index (χ0v) is 12.6. The van der Waals surface area contributed by atoms with Crippen LogP contribution in [0.3, 0.4) is 0 Å². The van der Waals surface area contributed by atoms with Crippen molar-refractivity contribution in [3.8, 4) is 0 Å². The summed E-state index contributed by atoms with van der Waals surface area (Å²) < 4.78 is 1.09. The predicted octanol–water partition coefficient (Wildman–Crippen LogP) is 4.78. The van der Waals surface area contributed by atoms with E-state index in [-0.39, 0.29) is 6.10 Å². The maximum atomic E-state index is 9.76. The van der Waals surface area contributed by atoms with Gasteiger partial charge >= 0.3 is 0 Å². The molecule has 2 rings (SSSR count). The summed E-state index contributed by atoms with van der Waals surface area (Å²) in [5, 5.41) is 9.76. The second-order valence-corrected chi connectivity index (χ2v) is 6.80. The molecule has 1 unspecified atom stereocenters. The van der Waals surface area contributed by atoms with E-state index in [2.05, 4.69) is 22.0 Å². The van der Waals surface area contributed by atoms with Crippen LogP contribution in [0, 0.1) is 5.92 Å². The van der Waals surface area contributed by atoms with Crippen LogP contribution in [-0.2, 0) is 0 Å². The van der Waals surface area contributed by atoms with Gasteiger partial charge in [-0.2, -0.15) is 0 Å². The van der Waals surface area contributed by atoms with Crippen molar-refractivity contribution < 1.29 is 5.11 Å². The Labute approximate surface area is 116 Å². The summed E-state index contributed by atoms with van der Waals surface area (Å²) in [5.74, 6) is 2.07. The third-order valence-corrected chi connectivity index (χ3v) is 5.17. The van der Waals surface area contributed by atoms with Gasteiger partial charge in [0.1, 0.15) is 0 Å². The number of rotatable bonds is 4. The summed E-state index contributed by atoms with van der Waals surface area (Å²) in [6.07, 6.45) is 5.17. The van der Waals surface area contributed by atoms with Crippen LogP contribution in [0.15, 0.2) is 27.6 Å². The number of benzene rings is 1. The average Bonchev–Trinajstić information content (AvgIpc) is 2.78. The van der Waals surface area contributed by atoms with E-state index in [1.807, 2.05) is 30.8 Å². The lowest BCUT2D eigenvalue weighted by atomic mass is 10.1. The minimum atomic E-state index is -0.380. The Bertz CT molecular complexity index is 372. The summed E-state index contributed by atoms with van der Waals surface area (Å²) >= 11 is 5.40. The molecule has 1 aromatic rings. The van der Waals surface area contributed by atoms with Crippen molar-refractivity contribution in [3.05, 3.63) is 28.2 Å². The summed E-state index contributed by atoms with van der Waals surface area (Å²) in [6.45, 7) is 1.84. The van der Waals surface area contributed by atoms with Gasteiger partial charge in [0.15, 0.2) is 0 Å². The highest BCUT2D eigenvalue weighted by Crippen LogP contribution is 2.35. The quantitative estimate of drug-likeness (QED) is 0.807. The number of aliphatic hydroxyl groups excluding tert-OH is 1. The van der Waals surface area contributed by atoms with Gasteiger partial charge in [-0.1, -0.05) is 34.8 Å². The van der Waals surface area contributed by atoms with Crippen LogP contribution in [0.2, 0.25) is 0 Å². The Morgan fingerprint density at radius 3 is 2.76 bits per heavy atom. The van der Waals surface area contributed by atoms with Crippen LogP contribution in [0.4, 0.5) is 0 Å². The molecule has 0 heterocycles. The highest BCUT2D eigenvalue weighted by atomic mass is 79.9. The lowest BCUT2D eigenvalue weighted by molar-refractivity contribution is 0.196. The molecule has 17 heavy (non-hydrogen) atoms. The molecular formula is C14H19BrOS. The van der Waals surface area contributed by atoms with Gasteiger partial charge in [0.05, 0.1) is 6.10 Å². The number of hydrogen-bond donors (Lipinski definition) is 1. The van der Waals surface area contributed by atoms with Gasteiger partial charge in [-0.05, 0) is 43.4 Å². The van der Waals surface area contributed by atoms with E-state index in [1.165, 1.54) is 36.3 Å². The zero-order valence-electron chi connectivity index (χ0n) is 10.2. The van der Waals surface area contributed by atoms with Crippen LogP contribution in [0.5, 0.6) is 0 Å². The topological polar surface area (TPSA) is 20.2 Å². The molecule has 0 amide bonds. The van der Waals surface area contributed by atoms with E-state index in [0.717, 1.165) is 16.0 Å². The van der Waals surface area contributed by atoms with E-state index in [4.69, 9.17) is 0 Å². The zero-order chi connectivity index (χ0) is 12.3. The van der Waals surface area contributed by atoms with Crippen LogP contribution < -0.4 is 0 Å². The number of halogens is 1. The van der Waals surface area contributed by atoms with Gasteiger partial charge in [-0.3, -0.25) is 0 Å². The Balaban J connectivity index is 2.04. The summed E-state index contributed by atoms with van der Waals surface area (Å²) in [4.78, 5) is 1.22. The molecule has 1 aliphatic carbocycles.